The van der Waals surface area contributed by atoms with E-state index in [1.807, 2.05) is 0 Å². The van der Waals surface area contributed by atoms with Gasteiger partial charge in [-0.05, 0) is 19.2 Å². The number of ether oxygens (including phenoxy) is 1. The van der Waals surface area contributed by atoms with Crippen molar-refractivity contribution in [1.82, 2.24) is 9.88 Å². The molecule has 0 saturated carbocycles. The largest absolute Gasteiger partial charge is 0.433 e. The summed E-state index contributed by atoms with van der Waals surface area (Å²) in [5, 5.41) is 0. The number of nitrogens with zero attached hydrogens (tertiary/aromatic N) is 3. The fourth-order valence-electron chi connectivity index (χ4n) is 2.85. The lowest BCUT2D eigenvalue weighted by Gasteiger charge is -2.45. The molecule has 0 aliphatic carbocycles. The van der Waals surface area contributed by atoms with Gasteiger partial charge in [0.2, 0.25) is 0 Å². The number of alkyl halides is 3. The molecule has 2 bridgehead atoms. The van der Waals surface area contributed by atoms with E-state index in [-0.39, 0.29) is 12.2 Å². The summed E-state index contributed by atoms with van der Waals surface area (Å²) in [4.78, 5) is 7.79. The van der Waals surface area contributed by atoms with Gasteiger partial charge in [-0.15, -0.1) is 0 Å². The van der Waals surface area contributed by atoms with E-state index in [4.69, 9.17) is 4.74 Å². The average molecular weight is 287 g/mol. The number of hydrogen-bond donors (Lipinski definition) is 0. The predicted octanol–water partition coefficient (Wildman–Crippen LogP) is 1.62. The van der Waals surface area contributed by atoms with Crippen molar-refractivity contribution in [2.24, 2.45) is 0 Å². The number of morpholine rings is 2. The zero-order valence-electron chi connectivity index (χ0n) is 11.1. The molecule has 0 radical (unpaired) electrons. The molecule has 0 spiro atoms. The van der Waals surface area contributed by atoms with Crippen LogP contribution in [0.3, 0.4) is 0 Å². The van der Waals surface area contributed by atoms with E-state index in [9.17, 15) is 13.2 Å². The maximum Gasteiger partial charge on any atom is 0.433 e. The summed E-state index contributed by atoms with van der Waals surface area (Å²) in [7, 11) is 2.05. The third-order valence-corrected chi connectivity index (χ3v) is 3.67. The lowest BCUT2D eigenvalue weighted by molar-refractivity contribution is -0.141. The van der Waals surface area contributed by atoms with Gasteiger partial charge in [0.05, 0.1) is 24.1 Å². The van der Waals surface area contributed by atoms with Crippen molar-refractivity contribution in [3.8, 4) is 0 Å². The maximum absolute atomic E-state index is 12.5. The van der Waals surface area contributed by atoms with Gasteiger partial charge in [-0.2, -0.15) is 13.2 Å². The lowest BCUT2D eigenvalue weighted by Crippen LogP contribution is -2.58. The van der Waals surface area contributed by atoms with Crippen molar-refractivity contribution in [2.45, 2.75) is 18.4 Å². The molecule has 2 saturated heterocycles. The van der Waals surface area contributed by atoms with Crippen molar-refractivity contribution in [3.63, 3.8) is 0 Å². The molecule has 0 aromatic carbocycles. The number of fused-ring (bicyclic) bond motifs is 2. The zero-order valence-corrected chi connectivity index (χ0v) is 11.1. The van der Waals surface area contributed by atoms with Crippen molar-refractivity contribution in [3.05, 3.63) is 24.0 Å². The van der Waals surface area contributed by atoms with Crippen molar-refractivity contribution in [2.75, 3.05) is 38.1 Å². The molecular formula is C13H16F3N3O. The van der Waals surface area contributed by atoms with Crippen LogP contribution in [0.5, 0.6) is 0 Å². The minimum Gasteiger partial charge on any atom is -0.369 e. The molecule has 20 heavy (non-hydrogen) atoms. The van der Waals surface area contributed by atoms with Crippen LogP contribution in [0.2, 0.25) is 0 Å². The molecule has 2 aliphatic rings. The van der Waals surface area contributed by atoms with Crippen molar-refractivity contribution < 1.29 is 17.9 Å². The van der Waals surface area contributed by atoms with Crippen LogP contribution in [0.1, 0.15) is 5.69 Å². The van der Waals surface area contributed by atoms with Gasteiger partial charge in [-0.25, -0.2) is 4.98 Å². The highest BCUT2D eigenvalue weighted by Gasteiger charge is 2.35. The van der Waals surface area contributed by atoms with Crippen molar-refractivity contribution in [1.29, 1.82) is 0 Å². The van der Waals surface area contributed by atoms with Gasteiger partial charge in [-0.1, -0.05) is 0 Å². The Kier molecular flexibility index (Phi) is 3.33. The molecule has 7 heteroatoms. The molecular weight excluding hydrogens is 271 g/mol. The molecule has 4 nitrogen and oxygen atoms in total. The van der Waals surface area contributed by atoms with E-state index < -0.39 is 11.9 Å². The predicted molar refractivity (Wildman–Crippen MR) is 67.6 cm³/mol. The Hall–Kier alpha value is -1.34. The number of pyridine rings is 1. The molecule has 0 N–H and O–H groups in total. The van der Waals surface area contributed by atoms with Gasteiger partial charge in [0.15, 0.2) is 0 Å². The Morgan fingerprint density at radius 1 is 1.15 bits per heavy atom. The SMILES string of the molecule is CN1CC2CN(c3ccc(C(F)(F)F)nc3)CC(C1)O2. The van der Waals surface area contributed by atoms with Gasteiger partial charge in [-0.3, -0.25) is 0 Å². The monoisotopic (exact) mass is 287 g/mol. The quantitative estimate of drug-likeness (QED) is 0.785. The van der Waals surface area contributed by atoms with E-state index in [0.717, 1.165) is 24.8 Å². The molecule has 3 rings (SSSR count). The van der Waals surface area contributed by atoms with Crippen LogP contribution in [0.25, 0.3) is 0 Å². The number of likely N-dealkylation sites (N-methyl/N-ethyl adjacent to an activating group) is 1. The number of anilines is 1. The average Bonchev–Trinajstić information content (AvgIpc) is 2.36. The molecule has 0 amide bonds. The van der Waals surface area contributed by atoms with Gasteiger partial charge in [0.1, 0.15) is 5.69 Å². The van der Waals surface area contributed by atoms with Crippen LogP contribution in [0.4, 0.5) is 18.9 Å². The molecule has 2 aliphatic heterocycles. The van der Waals surface area contributed by atoms with Gasteiger partial charge in [0.25, 0.3) is 0 Å². The van der Waals surface area contributed by atoms with E-state index >= 15 is 0 Å². The molecule has 2 fully saturated rings. The van der Waals surface area contributed by atoms with Crippen LogP contribution < -0.4 is 4.90 Å². The van der Waals surface area contributed by atoms with Gasteiger partial charge in [0, 0.05) is 26.2 Å². The second-order valence-electron chi connectivity index (χ2n) is 5.41. The van der Waals surface area contributed by atoms with E-state index in [2.05, 4.69) is 21.8 Å². The van der Waals surface area contributed by atoms with Crippen LogP contribution in [-0.2, 0) is 10.9 Å². The number of hydrogen-bond acceptors (Lipinski definition) is 4. The standard InChI is InChI=1S/C13H16F3N3O/c1-18-5-10-7-19(8-11(6-18)20-10)9-2-3-12(17-4-9)13(14,15)16/h2-4,10-11H,5-8H2,1H3. The third-order valence-electron chi connectivity index (χ3n) is 3.67. The first-order valence-electron chi connectivity index (χ1n) is 6.54. The second-order valence-corrected chi connectivity index (χ2v) is 5.41. The smallest absolute Gasteiger partial charge is 0.369 e. The summed E-state index contributed by atoms with van der Waals surface area (Å²) >= 11 is 0. The normalized spacial score (nSPS) is 27.7. The van der Waals surface area contributed by atoms with Gasteiger partial charge < -0.3 is 14.5 Å². The highest BCUT2D eigenvalue weighted by atomic mass is 19.4. The first kappa shape index (κ1) is 13.6. The van der Waals surface area contributed by atoms with Crippen molar-refractivity contribution >= 4 is 5.69 Å². The maximum atomic E-state index is 12.5. The molecule has 1 aromatic rings. The summed E-state index contributed by atoms with van der Waals surface area (Å²) in [6, 6.07) is 2.52. The van der Waals surface area contributed by atoms with E-state index in [1.54, 1.807) is 0 Å². The Morgan fingerprint density at radius 3 is 2.30 bits per heavy atom. The zero-order chi connectivity index (χ0) is 14.3. The highest BCUT2D eigenvalue weighted by Crippen LogP contribution is 2.29. The topological polar surface area (TPSA) is 28.6 Å². The van der Waals surface area contributed by atoms with Crippen LogP contribution in [0, 0.1) is 0 Å². The summed E-state index contributed by atoms with van der Waals surface area (Å²) < 4.78 is 43.3. The Labute approximate surface area is 115 Å². The minimum absolute atomic E-state index is 0.106. The first-order valence-corrected chi connectivity index (χ1v) is 6.54. The molecule has 2 atom stereocenters. The molecule has 3 heterocycles. The number of halogens is 3. The minimum atomic E-state index is -4.39. The fourth-order valence-corrected chi connectivity index (χ4v) is 2.85. The van der Waals surface area contributed by atoms with E-state index in [1.165, 1.54) is 12.3 Å². The summed E-state index contributed by atoms with van der Waals surface area (Å²) in [6.45, 7) is 3.07. The molecule has 2 unspecified atom stereocenters. The highest BCUT2D eigenvalue weighted by molar-refractivity contribution is 5.45. The first-order chi connectivity index (χ1) is 9.41. The summed E-state index contributed by atoms with van der Waals surface area (Å²) in [5.74, 6) is 0. The fraction of sp³-hybridized carbons (Fsp3) is 0.615. The second kappa shape index (κ2) is 4.89. The summed E-state index contributed by atoms with van der Waals surface area (Å²) in [6.07, 6.45) is -2.87. The van der Waals surface area contributed by atoms with Crippen LogP contribution >= 0.6 is 0 Å². The number of aromatic nitrogens is 1. The van der Waals surface area contributed by atoms with E-state index in [0.29, 0.717) is 13.1 Å². The van der Waals surface area contributed by atoms with Crippen LogP contribution in [-0.4, -0.2) is 55.3 Å². The Balaban J connectivity index is 1.74. The molecule has 1 aromatic heterocycles. The Morgan fingerprint density at radius 2 is 1.80 bits per heavy atom. The van der Waals surface area contributed by atoms with Gasteiger partial charge >= 0.3 is 6.18 Å². The number of rotatable bonds is 1. The Bertz CT molecular complexity index is 459. The summed E-state index contributed by atoms with van der Waals surface area (Å²) in [5.41, 5.74) is -0.129. The molecule has 110 valence electrons. The van der Waals surface area contributed by atoms with Crippen LogP contribution in [0.15, 0.2) is 18.3 Å². The third kappa shape index (κ3) is 2.73. The lowest BCUT2D eigenvalue weighted by atomic mass is 10.1.